The van der Waals surface area contributed by atoms with Crippen molar-refractivity contribution in [1.82, 2.24) is 10.6 Å². The number of hydrogen-bond acceptors (Lipinski definition) is 6. The van der Waals surface area contributed by atoms with Gasteiger partial charge >= 0.3 is 0 Å². The van der Waals surface area contributed by atoms with Gasteiger partial charge in [-0.1, -0.05) is 47.5 Å². The van der Waals surface area contributed by atoms with Crippen LogP contribution in [0.4, 0.5) is 11.4 Å². The Bertz CT molecular complexity index is 1180. The van der Waals surface area contributed by atoms with E-state index in [1.165, 1.54) is 36.4 Å². The number of nitro benzene ring substituents is 2. The molecule has 3 aromatic rings. The summed E-state index contributed by atoms with van der Waals surface area (Å²) in [6, 6.07) is 14.3. The third-order valence-electron chi connectivity index (χ3n) is 4.73. The van der Waals surface area contributed by atoms with Gasteiger partial charge in [-0.15, -0.1) is 0 Å². The van der Waals surface area contributed by atoms with Crippen LogP contribution in [0.5, 0.6) is 0 Å². The van der Waals surface area contributed by atoms with E-state index in [2.05, 4.69) is 10.6 Å². The molecule has 0 unspecified atom stereocenters. The van der Waals surface area contributed by atoms with E-state index in [0.717, 1.165) is 0 Å². The van der Waals surface area contributed by atoms with E-state index in [0.29, 0.717) is 11.1 Å². The minimum Gasteiger partial charge on any atom is -0.348 e. The fourth-order valence-corrected chi connectivity index (χ4v) is 3.37. The summed E-state index contributed by atoms with van der Waals surface area (Å²) < 4.78 is 0. The van der Waals surface area contributed by atoms with Gasteiger partial charge in [0.05, 0.1) is 9.85 Å². The molecule has 0 aromatic heterocycles. The molecule has 0 aliphatic rings. The van der Waals surface area contributed by atoms with Gasteiger partial charge in [0.15, 0.2) is 0 Å². The van der Waals surface area contributed by atoms with Crippen LogP contribution in [0.15, 0.2) is 60.7 Å². The molecule has 0 aliphatic heterocycles. The zero-order valence-electron chi connectivity index (χ0n) is 17.3. The van der Waals surface area contributed by atoms with Gasteiger partial charge in [0, 0.05) is 35.3 Å². The molecule has 3 aromatic carbocycles. The topological polar surface area (TPSA) is 144 Å². The summed E-state index contributed by atoms with van der Waals surface area (Å²) in [6.07, 6.45) is 0. The maximum Gasteiger partial charge on any atom is 0.282 e. The lowest BCUT2D eigenvalue weighted by molar-refractivity contribution is -0.385. The number of nitro groups is 2. The van der Waals surface area contributed by atoms with E-state index in [1.807, 2.05) is 0 Å². The SMILES string of the molecule is O=C(NCc1ccc(CNC(=O)c2cc(Cl)ccc2[N+](=O)[O-])cc1)c1cc(Cl)ccc1[N+](=O)[O-]. The van der Waals surface area contributed by atoms with Crippen molar-refractivity contribution in [2.45, 2.75) is 13.1 Å². The highest BCUT2D eigenvalue weighted by Crippen LogP contribution is 2.24. The van der Waals surface area contributed by atoms with Gasteiger partial charge in [0.25, 0.3) is 23.2 Å². The summed E-state index contributed by atoms with van der Waals surface area (Å²) >= 11 is 11.7. The zero-order valence-corrected chi connectivity index (χ0v) is 18.8. The molecule has 0 atom stereocenters. The largest absolute Gasteiger partial charge is 0.348 e. The molecule has 2 amide bonds. The number of halogens is 2. The van der Waals surface area contributed by atoms with E-state index >= 15 is 0 Å². The second-order valence-electron chi connectivity index (χ2n) is 7.02. The lowest BCUT2D eigenvalue weighted by Gasteiger charge is -2.09. The number of carbonyl (C=O) groups is 2. The molecule has 0 bridgehead atoms. The van der Waals surface area contributed by atoms with Gasteiger partial charge < -0.3 is 10.6 Å². The molecule has 3 rings (SSSR count). The first-order chi connectivity index (χ1) is 16.2. The minimum absolute atomic E-state index is 0.101. The highest BCUT2D eigenvalue weighted by Gasteiger charge is 2.21. The van der Waals surface area contributed by atoms with Crippen LogP contribution in [0.25, 0.3) is 0 Å². The van der Waals surface area contributed by atoms with Crippen LogP contribution in [0.2, 0.25) is 10.0 Å². The molecule has 174 valence electrons. The molecule has 2 N–H and O–H groups in total. The maximum absolute atomic E-state index is 12.4. The summed E-state index contributed by atoms with van der Waals surface area (Å²) in [5, 5.41) is 27.9. The normalized spacial score (nSPS) is 10.4. The van der Waals surface area contributed by atoms with E-state index in [1.54, 1.807) is 24.3 Å². The smallest absolute Gasteiger partial charge is 0.282 e. The van der Waals surface area contributed by atoms with Crippen molar-refractivity contribution in [3.8, 4) is 0 Å². The zero-order chi connectivity index (χ0) is 24.8. The first-order valence-corrected chi connectivity index (χ1v) is 10.4. The van der Waals surface area contributed by atoms with Gasteiger partial charge in [-0.2, -0.15) is 0 Å². The number of benzene rings is 3. The van der Waals surface area contributed by atoms with Crippen LogP contribution >= 0.6 is 23.2 Å². The molecule has 12 heteroatoms. The average molecular weight is 503 g/mol. The molecule has 0 fully saturated rings. The van der Waals surface area contributed by atoms with Crippen LogP contribution in [0, 0.1) is 20.2 Å². The van der Waals surface area contributed by atoms with E-state index in [-0.39, 0.29) is 45.6 Å². The average Bonchev–Trinajstić information content (AvgIpc) is 2.81. The Labute approximate surface area is 202 Å². The number of hydrogen-bond donors (Lipinski definition) is 2. The fraction of sp³-hybridized carbons (Fsp3) is 0.0909. The third kappa shape index (κ3) is 6.06. The highest BCUT2D eigenvalue weighted by atomic mass is 35.5. The van der Waals surface area contributed by atoms with Crippen molar-refractivity contribution < 1.29 is 19.4 Å². The van der Waals surface area contributed by atoms with E-state index in [9.17, 15) is 29.8 Å². The lowest BCUT2D eigenvalue weighted by atomic mass is 10.1. The molecule has 0 saturated heterocycles. The van der Waals surface area contributed by atoms with Crippen LogP contribution in [0.3, 0.4) is 0 Å². The Hall–Kier alpha value is -4.02. The van der Waals surface area contributed by atoms with Crippen molar-refractivity contribution in [2.75, 3.05) is 0 Å². The van der Waals surface area contributed by atoms with Crippen molar-refractivity contribution in [1.29, 1.82) is 0 Å². The van der Waals surface area contributed by atoms with Crippen molar-refractivity contribution >= 4 is 46.4 Å². The van der Waals surface area contributed by atoms with Gasteiger partial charge in [0.2, 0.25) is 0 Å². The van der Waals surface area contributed by atoms with Crippen LogP contribution in [-0.4, -0.2) is 21.7 Å². The number of nitrogens with one attached hydrogen (secondary N) is 2. The molecule has 0 aliphatic carbocycles. The fourth-order valence-electron chi connectivity index (χ4n) is 3.03. The van der Waals surface area contributed by atoms with Crippen molar-refractivity contribution in [3.05, 3.63) is 113 Å². The third-order valence-corrected chi connectivity index (χ3v) is 5.20. The Morgan fingerprint density at radius 3 is 1.35 bits per heavy atom. The minimum atomic E-state index is -0.660. The van der Waals surface area contributed by atoms with Gasteiger partial charge in [-0.05, 0) is 35.4 Å². The van der Waals surface area contributed by atoms with E-state index < -0.39 is 21.7 Å². The van der Waals surface area contributed by atoms with Gasteiger partial charge in [-0.25, -0.2) is 0 Å². The molecule has 0 radical (unpaired) electrons. The summed E-state index contributed by atoms with van der Waals surface area (Å²) in [5.41, 5.74) is 0.414. The van der Waals surface area contributed by atoms with Gasteiger partial charge in [-0.3, -0.25) is 29.8 Å². The standard InChI is InChI=1S/C22H16Cl2N4O6/c23-15-5-7-19(27(31)32)17(9-15)21(29)25-11-13-1-2-14(4-3-13)12-26-22(30)18-10-16(24)6-8-20(18)28(33)34/h1-10H,11-12H2,(H,25,29)(H,26,30). The number of rotatable bonds is 8. The Kier molecular flexibility index (Phi) is 7.77. The second kappa shape index (κ2) is 10.7. The summed E-state index contributed by atoms with van der Waals surface area (Å²) in [7, 11) is 0. The number of carbonyl (C=O) groups excluding carboxylic acids is 2. The maximum atomic E-state index is 12.4. The van der Waals surface area contributed by atoms with Crippen LogP contribution in [0.1, 0.15) is 31.8 Å². The first-order valence-electron chi connectivity index (χ1n) is 9.68. The number of amides is 2. The van der Waals surface area contributed by atoms with Gasteiger partial charge in [0.1, 0.15) is 11.1 Å². The quantitative estimate of drug-likeness (QED) is 0.338. The molecular weight excluding hydrogens is 487 g/mol. The molecule has 0 saturated carbocycles. The van der Waals surface area contributed by atoms with Crippen molar-refractivity contribution in [3.63, 3.8) is 0 Å². The molecule has 10 nitrogen and oxygen atoms in total. The first kappa shape index (κ1) is 24.6. The van der Waals surface area contributed by atoms with Crippen molar-refractivity contribution in [2.24, 2.45) is 0 Å². The van der Waals surface area contributed by atoms with Crippen LogP contribution in [-0.2, 0) is 13.1 Å². The second-order valence-corrected chi connectivity index (χ2v) is 7.89. The molecular formula is C22H16Cl2N4O6. The van der Waals surface area contributed by atoms with E-state index in [4.69, 9.17) is 23.2 Å². The number of nitrogens with zero attached hydrogens (tertiary/aromatic N) is 2. The Morgan fingerprint density at radius 2 is 1.03 bits per heavy atom. The molecule has 0 heterocycles. The summed E-state index contributed by atoms with van der Waals surface area (Å²) in [6.45, 7) is 0.202. The summed E-state index contributed by atoms with van der Waals surface area (Å²) in [5.74, 6) is -1.29. The van der Waals surface area contributed by atoms with Crippen LogP contribution < -0.4 is 10.6 Å². The predicted molar refractivity (Wildman–Crippen MR) is 125 cm³/mol. The predicted octanol–water partition coefficient (Wildman–Crippen LogP) is 4.67. The Balaban J connectivity index is 1.60. The lowest BCUT2D eigenvalue weighted by Crippen LogP contribution is -2.24. The Morgan fingerprint density at radius 1 is 0.676 bits per heavy atom. The highest BCUT2D eigenvalue weighted by molar-refractivity contribution is 6.31. The summed E-state index contributed by atoms with van der Waals surface area (Å²) in [4.78, 5) is 45.7. The molecule has 0 spiro atoms. The monoisotopic (exact) mass is 502 g/mol. The molecule has 34 heavy (non-hydrogen) atoms.